The zero-order valence-electron chi connectivity index (χ0n) is 27.1. The molecule has 0 bridgehead atoms. The molecule has 2 heteroatoms. The highest BCUT2D eigenvalue weighted by molar-refractivity contribution is 6.11. The van der Waals surface area contributed by atoms with Gasteiger partial charge in [0.15, 0.2) is 0 Å². The number of rotatable bonds is 6. The van der Waals surface area contributed by atoms with Gasteiger partial charge in [0.2, 0.25) is 0 Å². The predicted molar refractivity (Wildman–Crippen MR) is 203 cm³/mol. The molecule has 1 aromatic heterocycles. The van der Waals surface area contributed by atoms with Crippen LogP contribution in [0.5, 0.6) is 0 Å². The van der Waals surface area contributed by atoms with Crippen molar-refractivity contribution in [3.8, 4) is 5.69 Å². The Hall–Kier alpha value is -5.60. The molecule has 1 fully saturated rings. The van der Waals surface area contributed by atoms with Crippen LogP contribution in [0.25, 0.3) is 38.3 Å². The number of benzene rings is 7. The lowest BCUT2D eigenvalue weighted by Gasteiger charge is -2.42. The molecule has 1 heterocycles. The van der Waals surface area contributed by atoms with Crippen LogP contribution >= 0.6 is 0 Å². The van der Waals surface area contributed by atoms with E-state index in [1.165, 1.54) is 85.7 Å². The van der Waals surface area contributed by atoms with E-state index in [4.69, 9.17) is 0 Å². The summed E-state index contributed by atoms with van der Waals surface area (Å²) in [5.41, 5.74) is 10.0. The zero-order valence-corrected chi connectivity index (χ0v) is 27.1. The van der Waals surface area contributed by atoms with E-state index in [1.54, 1.807) is 0 Å². The fourth-order valence-electron chi connectivity index (χ4n) is 8.47. The molecule has 7 aromatic carbocycles. The lowest BCUT2D eigenvalue weighted by molar-refractivity contribution is 0.346. The molecule has 48 heavy (non-hydrogen) atoms. The van der Waals surface area contributed by atoms with Gasteiger partial charge in [-0.25, -0.2) is 0 Å². The first kappa shape index (κ1) is 28.6. The van der Waals surface area contributed by atoms with Crippen LogP contribution in [0, 0.1) is 0 Å². The molecule has 0 amide bonds. The molecule has 1 aliphatic carbocycles. The Kier molecular flexibility index (Phi) is 7.08. The number of fused-ring (bicyclic) bond motifs is 4. The van der Waals surface area contributed by atoms with Crippen LogP contribution in [0.1, 0.15) is 43.2 Å². The minimum atomic E-state index is -0.0492. The second-order valence-electron chi connectivity index (χ2n) is 13.2. The lowest BCUT2D eigenvalue weighted by atomic mass is 9.64. The zero-order chi connectivity index (χ0) is 31.9. The van der Waals surface area contributed by atoms with Crippen LogP contribution in [0.4, 0.5) is 17.1 Å². The van der Waals surface area contributed by atoms with Gasteiger partial charge < -0.3 is 9.47 Å². The maximum atomic E-state index is 2.55. The molecule has 1 saturated carbocycles. The van der Waals surface area contributed by atoms with E-state index in [-0.39, 0.29) is 5.41 Å². The first-order valence-electron chi connectivity index (χ1n) is 17.3. The third kappa shape index (κ3) is 4.63. The maximum Gasteiger partial charge on any atom is 0.0542 e. The van der Waals surface area contributed by atoms with E-state index in [1.807, 2.05) is 0 Å². The number of para-hydroxylation sites is 3. The Bertz CT molecular complexity index is 2370. The van der Waals surface area contributed by atoms with Gasteiger partial charge in [-0.05, 0) is 77.9 Å². The first-order chi connectivity index (χ1) is 23.8. The van der Waals surface area contributed by atoms with Gasteiger partial charge in [0.25, 0.3) is 0 Å². The summed E-state index contributed by atoms with van der Waals surface area (Å²) in [6.07, 6.45) is 6.08. The molecule has 0 unspecified atom stereocenters. The second-order valence-corrected chi connectivity index (χ2v) is 13.2. The first-order valence-corrected chi connectivity index (χ1v) is 17.3. The average Bonchev–Trinajstić information content (AvgIpc) is 3.50. The Balaban J connectivity index is 1.34. The quantitative estimate of drug-likeness (QED) is 0.180. The van der Waals surface area contributed by atoms with Gasteiger partial charge in [0.1, 0.15) is 0 Å². The van der Waals surface area contributed by atoms with Crippen molar-refractivity contribution in [2.45, 2.75) is 37.5 Å². The van der Waals surface area contributed by atoms with Gasteiger partial charge >= 0.3 is 0 Å². The molecule has 0 radical (unpaired) electrons. The van der Waals surface area contributed by atoms with Crippen LogP contribution in [0.15, 0.2) is 170 Å². The Labute approximate surface area is 282 Å². The molecule has 0 N–H and O–H groups in total. The molecule has 232 valence electrons. The van der Waals surface area contributed by atoms with Gasteiger partial charge in [-0.2, -0.15) is 0 Å². The smallest absolute Gasteiger partial charge is 0.0542 e. The molecule has 0 saturated heterocycles. The van der Waals surface area contributed by atoms with Crippen LogP contribution < -0.4 is 4.90 Å². The standard InChI is InChI=1S/C46H38N2/c1-4-19-35(20-5-1)46(31-14-3-15-32-46)41-25-11-13-27-45(41)48(42-28-16-18-34-17-8-9-23-38(34)42)37-29-30-44-40(33-37)39-24-10-12-26-43(39)47(44)36-21-6-2-7-22-36/h1-2,4-13,16-30,33H,3,14-15,31-32H2. The largest absolute Gasteiger partial charge is 0.310 e. The minimum absolute atomic E-state index is 0.0492. The van der Waals surface area contributed by atoms with E-state index < -0.39 is 0 Å². The monoisotopic (exact) mass is 618 g/mol. The Morgan fingerprint density at radius 1 is 0.458 bits per heavy atom. The summed E-state index contributed by atoms with van der Waals surface area (Å²) in [5, 5.41) is 5.01. The number of anilines is 3. The van der Waals surface area contributed by atoms with Crippen molar-refractivity contribution >= 4 is 49.6 Å². The third-order valence-corrected chi connectivity index (χ3v) is 10.6. The summed E-state index contributed by atoms with van der Waals surface area (Å²) in [7, 11) is 0. The van der Waals surface area contributed by atoms with Crippen molar-refractivity contribution in [3.63, 3.8) is 0 Å². The van der Waals surface area contributed by atoms with Crippen molar-refractivity contribution in [2.24, 2.45) is 0 Å². The van der Waals surface area contributed by atoms with Gasteiger partial charge in [0, 0.05) is 32.9 Å². The molecule has 9 rings (SSSR count). The highest BCUT2D eigenvalue weighted by Gasteiger charge is 2.38. The molecule has 2 nitrogen and oxygen atoms in total. The predicted octanol–water partition coefficient (Wildman–Crippen LogP) is 12.7. The molecule has 8 aromatic rings. The fraction of sp³-hybridized carbons (Fsp3) is 0.130. The highest BCUT2D eigenvalue weighted by atomic mass is 15.1. The van der Waals surface area contributed by atoms with Crippen molar-refractivity contribution in [1.82, 2.24) is 4.57 Å². The number of nitrogens with zero attached hydrogens (tertiary/aromatic N) is 2. The number of hydrogen-bond donors (Lipinski definition) is 0. The average molecular weight is 619 g/mol. The van der Waals surface area contributed by atoms with Gasteiger partial charge in [-0.1, -0.05) is 141 Å². The summed E-state index contributed by atoms with van der Waals surface area (Å²) >= 11 is 0. The van der Waals surface area contributed by atoms with Crippen molar-refractivity contribution < 1.29 is 0 Å². The topological polar surface area (TPSA) is 8.17 Å². The van der Waals surface area contributed by atoms with Crippen LogP contribution in [-0.4, -0.2) is 4.57 Å². The van der Waals surface area contributed by atoms with Gasteiger partial charge in [0.05, 0.1) is 22.4 Å². The van der Waals surface area contributed by atoms with Gasteiger partial charge in [-0.3, -0.25) is 0 Å². The summed E-state index contributed by atoms with van der Waals surface area (Å²) in [5.74, 6) is 0. The van der Waals surface area contributed by atoms with Crippen molar-refractivity contribution in [3.05, 3.63) is 181 Å². The van der Waals surface area contributed by atoms with Crippen LogP contribution in [0.3, 0.4) is 0 Å². The molecular weight excluding hydrogens is 581 g/mol. The summed E-state index contributed by atoms with van der Waals surface area (Å²) in [6.45, 7) is 0. The van der Waals surface area contributed by atoms with E-state index in [0.29, 0.717) is 0 Å². The van der Waals surface area contributed by atoms with Crippen molar-refractivity contribution in [2.75, 3.05) is 4.90 Å². The second kappa shape index (κ2) is 11.9. The van der Waals surface area contributed by atoms with E-state index in [2.05, 4.69) is 179 Å². The SMILES string of the molecule is c1ccc(-n2c3ccccc3c3cc(N(c4ccccc4C4(c5ccccc5)CCCCC4)c4cccc5ccccc45)ccc32)cc1. The summed E-state index contributed by atoms with van der Waals surface area (Å²) in [6, 6.07) is 62.7. The Morgan fingerprint density at radius 3 is 1.92 bits per heavy atom. The van der Waals surface area contributed by atoms with E-state index in [9.17, 15) is 0 Å². The van der Waals surface area contributed by atoms with Crippen molar-refractivity contribution in [1.29, 1.82) is 0 Å². The maximum absolute atomic E-state index is 2.55. The van der Waals surface area contributed by atoms with E-state index in [0.717, 1.165) is 12.8 Å². The van der Waals surface area contributed by atoms with E-state index >= 15 is 0 Å². The van der Waals surface area contributed by atoms with Crippen LogP contribution in [-0.2, 0) is 5.41 Å². The van der Waals surface area contributed by atoms with Gasteiger partial charge in [-0.15, -0.1) is 0 Å². The number of hydrogen-bond acceptors (Lipinski definition) is 1. The van der Waals surface area contributed by atoms with Crippen LogP contribution in [0.2, 0.25) is 0 Å². The summed E-state index contributed by atoms with van der Waals surface area (Å²) in [4.78, 5) is 2.55. The molecule has 0 aliphatic heterocycles. The summed E-state index contributed by atoms with van der Waals surface area (Å²) < 4.78 is 2.40. The fourth-order valence-corrected chi connectivity index (χ4v) is 8.47. The normalized spacial score (nSPS) is 14.4. The lowest BCUT2D eigenvalue weighted by Crippen LogP contribution is -2.32. The molecule has 0 spiro atoms. The number of aromatic nitrogens is 1. The third-order valence-electron chi connectivity index (χ3n) is 10.6. The highest BCUT2D eigenvalue weighted by Crippen LogP contribution is 2.51. The molecule has 0 atom stereocenters. The minimum Gasteiger partial charge on any atom is -0.310 e. The molecule has 1 aliphatic rings. The molecular formula is C46H38N2. The Morgan fingerprint density at radius 2 is 1.08 bits per heavy atom.